The number of pyridine rings is 1. The Hall–Kier alpha value is -3.13. The van der Waals surface area contributed by atoms with E-state index in [1.807, 2.05) is 30.3 Å². The molecule has 4 rings (SSSR count). The Morgan fingerprint density at radius 3 is 2.70 bits per heavy atom. The molecule has 0 spiro atoms. The van der Waals surface area contributed by atoms with Crippen LogP contribution in [0.4, 0.5) is 17.5 Å². The van der Waals surface area contributed by atoms with Gasteiger partial charge < -0.3 is 20.7 Å². The highest BCUT2D eigenvalue weighted by Crippen LogP contribution is 2.19. The van der Waals surface area contributed by atoms with Crippen LogP contribution in [0, 0.1) is 0 Å². The average Bonchev–Trinajstić information content (AvgIpc) is 3.12. The van der Waals surface area contributed by atoms with Gasteiger partial charge in [-0.05, 0) is 49.2 Å². The Morgan fingerprint density at radius 1 is 1.19 bits per heavy atom. The summed E-state index contributed by atoms with van der Waals surface area (Å²) in [6, 6.07) is 13.4. The first-order valence-corrected chi connectivity index (χ1v) is 9.02. The molecule has 1 amide bonds. The molecule has 0 radical (unpaired) electrons. The lowest BCUT2D eigenvalue weighted by Gasteiger charge is -2.24. The third-order valence-corrected chi connectivity index (χ3v) is 4.56. The van der Waals surface area contributed by atoms with E-state index in [0.717, 1.165) is 43.2 Å². The van der Waals surface area contributed by atoms with Crippen molar-refractivity contribution in [2.24, 2.45) is 0 Å². The lowest BCUT2D eigenvalue weighted by atomic mass is 10.1. The maximum atomic E-state index is 11.6. The van der Waals surface area contributed by atoms with Gasteiger partial charge in [-0.3, -0.25) is 4.79 Å². The largest absolute Gasteiger partial charge is 0.381 e. The Bertz CT molecular complexity index is 937. The zero-order valence-electron chi connectivity index (χ0n) is 15.1. The average molecular weight is 368 g/mol. The second-order valence-corrected chi connectivity index (χ2v) is 6.43. The fraction of sp³-hybridized carbons (Fsp3) is 0.316. The molecule has 3 N–H and O–H groups in total. The molecule has 1 aromatic carbocycles. The number of benzene rings is 1. The number of rotatable bonds is 5. The summed E-state index contributed by atoms with van der Waals surface area (Å²) in [7, 11) is 1.61. The summed E-state index contributed by atoms with van der Waals surface area (Å²) in [6.07, 6.45) is 1.96. The van der Waals surface area contributed by atoms with Crippen LogP contribution in [0.15, 0.2) is 42.5 Å². The van der Waals surface area contributed by atoms with E-state index in [-0.39, 0.29) is 7.33 Å². The van der Waals surface area contributed by atoms with Gasteiger partial charge in [-0.2, -0.15) is 9.50 Å². The maximum absolute atomic E-state index is 11.6. The summed E-state index contributed by atoms with van der Waals surface area (Å²) in [5.74, 6) is 1.30. The van der Waals surface area contributed by atoms with Crippen LogP contribution in [-0.4, -0.2) is 46.8 Å². The third kappa shape index (κ3) is 3.85. The normalized spacial score (nSPS) is 14.9. The van der Waals surface area contributed by atoms with E-state index in [9.17, 15) is 4.79 Å². The molecule has 0 atom stereocenters. The molecule has 0 unspecified atom stereocenters. The van der Waals surface area contributed by atoms with Crippen LogP contribution in [0.1, 0.15) is 24.6 Å². The number of carbonyl (C=O) groups excluding carboxylic acids is 1. The topological polar surface area (TPSA) is 92.6 Å². The van der Waals surface area contributed by atoms with Gasteiger partial charge in [-0.25, -0.2) is 0 Å². The number of hydrogen-bond acceptors (Lipinski definition) is 6. The molecule has 0 bridgehead atoms. The van der Waals surface area contributed by atoms with Crippen LogP contribution in [0.2, 0.25) is 0 Å². The van der Waals surface area contributed by atoms with Crippen molar-refractivity contribution in [2.45, 2.75) is 18.9 Å². The molecule has 1 fully saturated rings. The molecule has 27 heavy (non-hydrogen) atoms. The SMILES string of the molecule is CNC(=O)c1ccc(Nc2nc3cccc(NC4CCOCC4)n3n2)cc1.[HH]. The van der Waals surface area contributed by atoms with E-state index in [0.29, 0.717) is 17.6 Å². The van der Waals surface area contributed by atoms with E-state index in [1.54, 1.807) is 23.7 Å². The number of ether oxygens (including phenoxy) is 1. The van der Waals surface area contributed by atoms with Crippen LogP contribution in [0.25, 0.3) is 5.65 Å². The molecular weight excluding hydrogens is 344 g/mol. The summed E-state index contributed by atoms with van der Waals surface area (Å²) < 4.78 is 7.22. The zero-order valence-corrected chi connectivity index (χ0v) is 15.1. The third-order valence-electron chi connectivity index (χ3n) is 4.56. The lowest BCUT2D eigenvalue weighted by Crippen LogP contribution is -2.28. The molecule has 142 valence electrons. The van der Waals surface area contributed by atoms with Gasteiger partial charge in [0.05, 0.1) is 0 Å². The molecule has 8 nitrogen and oxygen atoms in total. The molecule has 0 saturated carbocycles. The van der Waals surface area contributed by atoms with Crippen LogP contribution in [0.5, 0.6) is 0 Å². The molecule has 3 heterocycles. The number of nitrogens with zero attached hydrogens (tertiary/aromatic N) is 3. The number of anilines is 3. The first-order chi connectivity index (χ1) is 13.2. The van der Waals surface area contributed by atoms with E-state index in [1.165, 1.54) is 0 Å². The van der Waals surface area contributed by atoms with Crippen molar-refractivity contribution in [3.05, 3.63) is 48.0 Å². The van der Waals surface area contributed by atoms with Crippen molar-refractivity contribution in [3.63, 3.8) is 0 Å². The van der Waals surface area contributed by atoms with E-state index < -0.39 is 0 Å². The quantitative estimate of drug-likeness (QED) is 0.641. The van der Waals surface area contributed by atoms with Crippen molar-refractivity contribution in [3.8, 4) is 0 Å². The predicted octanol–water partition coefficient (Wildman–Crippen LogP) is 2.67. The van der Waals surface area contributed by atoms with E-state index in [2.05, 4.69) is 26.0 Å². The highest BCUT2D eigenvalue weighted by molar-refractivity contribution is 5.94. The molecule has 2 aromatic heterocycles. The molecule has 0 aliphatic carbocycles. The lowest BCUT2D eigenvalue weighted by molar-refractivity contribution is 0.0903. The smallest absolute Gasteiger partial charge is 0.251 e. The monoisotopic (exact) mass is 368 g/mol. The van der Waals surface area contributed by atoms with E-state index in [4.69, 9.17) is 4.74 Å². The first kappa shape index (κ1) is 17.3. The number of fused-ring (bicyclic) bond motifs is 1. The van der Waals surface area contributed by atoms with Crippen molar-refractivity contribution in [2.75, 3.05) is 30.9 Å². The highest BCUT2D eigenvalue weighted by Gasteiger charge is 2.15. The van der Waals surface area contributed by atoms with Gasteiger partial charge in [0, 0.05) is 39.0 Å². The van der Waals surface area contributed by atoms with Gasteiger partial charge >= 0.3 is 0 Å². The van der Waals surface area contributed by atoms with Crippen LogP contribution in [0.3, 0.4) is 0 Å². The molecule has 1 aliphatic rings. The summed E-state index contributed by atoms with van der Waals surface area (Å²) in [6.45, 7) is 1.56. The van der Waals surface area contributed by atoms with E-state index >= 15 is 0 Å². The molecule has 8 heteroatoms. The standard InChI is InChI=1S/C19H22N6O2.H2/c1-20-18(26)13-5-7-14(8-6-13)22-19-23-17-4-2-3-16(25(17)24-19)21-15-9-11-27-12-10-15;/h2-8,15,21H,9-12H2,1H3,(H,20,26)(H,22,24);1H. The first-order valence-electron chi connectivity index (χ1n) is 9.02. The second kappa shape index (κ2) is 7.63. The summed E-state index contributed by atoms with van der Waals surface area (Å²) in [5, 5.41) is 13.9. The van der Waals surface area contributed by atoms with Gasteiger partial charge in [-0.1, -0.05) is 6.07 Å². The van der Waals surface area contributed by atoms with Crippen LogP contribution < -0.4 is 16.0 Å². The van der Waals surface area contributed by atoms with Crippen molar-refractivity contribution >= 4 is 29.0 Å². The minimum atomic E-state index is -0.115. The predicted molar refractivity (Wildman–Crippen MR) is 106 cm³/mol. The Balaban J connectivity index is 0.00000225. The van der Waals surface area contributed by atoms with Crippen LogP contribution >= 0.6 is 0 Å². The van der Waals surface area contributed by atoms with Crippen LogP contribution in [-0.2, 0) is 4.74 Å². The molecule has 1 saturated heterocycles. The summed E-state index contributed by atoms with van der Waals surface area (Å²) >= 11 is 0. The van der Waals surface area contributed by atoms with Crippen molar-refractivity contribution in [1.82, 2.24) is 19.9 Å². The van der Waals surface area contributed by atoms with Gasteiger partial charge in [0.2, 0.25) is 5.95 Å². The minimum Gasteiger partial charge on any atom is -0.381 e. The minimum absolute atomic E-state index is 0. The molecule has 1 aliphatic heterocycles. The number of carbonyl (C=O) groups is 1. The molecule has 3 aromatic rings. The molecular formula is C19H24N6O2. The highest BCUT2D eigenvalue weighted by atomic mass is 16.5. The van der Waals surface area contributed by atoms with Crippen molar-refractivity contribution < 1.29 is 11.0 Å². The fourth-order valence-electron chi connectivity index (χ4n) is 3.10. The maximum Gasteiger partial charge on any atom is 0.251 e. The Morgan fingerprint density at radius 2 is 1.96 bits per heavy atom. The van der Waals surface area contributed by atoms with Gasteiger partial charge in [0.15, 0.2) is 5.65 Å². The Kier molecular flexibility index (Phi) is 4.88. The fourth-order valence-corrected chi connectivity index (χ4v) is 3.10. The van der Waals surface area contributed by atoms with Crippen molar-refractivity contribution in [1.29, 1.82) is 0 Å². The zero-order chi connectivity index (χ0) is 18.6. The summed E-state index contributed by atoms with van der Waals surface area (Å²) in [4.78, 5) is 16.2. The Labute approximate surface area is 158 Å². The number of nitrogens with one attached hydrogen (secondary N) is 3. The summed E-state index contributed by atoms with van der Waals surface area (Å²) in [5.41, 5.74) is 2.18. The van der Waals surface area contributed by atoms with Gasteiger partial charge in [0.1, 0.15) is 5.82 Å². The van der Waals surface area contributed by atoms with Gasteiger partial charge in [-0.15, -0.1) is 5.10 Å². The number of aromatic nitrogens is 3. The number of amides is 1. The number of hydrogen-bond donors (Lipinski definition) is 3. The van der Waals surface area contributed by atoms with Gasteiger partial charge in [0.25, 0.3) is 5.91 Å². The second-order valence-electron chi connectivity index (χ2n) is 6.43.